The van der Waals surface area contributed by atoms with Gasteiger partial charge in [-0.05, 0) is 44.5 Å². The molecule has 1 N–H and O–H groups in total. The summed E-state index contributed by atoms with van der Waals surface area (Å²) < 4.78 is 29.4. The van der Waals surface area contributed by atoms with Crippen LogP contribution in [-0.4, -0.2) is 30.7 Å². The van der Waals surface area contributed by atoms with Gasteiger partial charge in [0.05, 0.1) is 11.4 Å². The lowest BCUT2D eigenvalue weighted by molar-refractivity contribution is -0.117. The van der Waals surface area contributed by atoms with Crippen LogP contribution in [0.5, 0.6) is 0 Å². The lowest BCUT2D eigenvalue weighted by Crippen LogP contribution is -2.23. The molecule has 1 fully saturated rings. The van der Waals surface area contributed by atoms with E-state index in [-0.39, 0.29) is 10.8 Å². The molecule has 0 bridgehead atoms. The fraction of sp³-hybridized carbons (Fsp3) is 0.375. The number of rotatable bonds is 4. The zero-order valence-corrected chi connectivity index (χ0v) is 14.7. The molecule has 1 aliphatic rings. The molecule has 24 heavy (non-hydrogen) atoms. The largest absolute Gasteiger partial charge is 0.312 e. The Morgan fingerprint density at radius 3 is 2.33 bits per heavy atom. The topological polar surface area (TPSA) is 84.3 Å². The van der Waals surface area contributed by atoms with E-state index >= 15 is 0 Å². The summed E-state index contributed by atoms with van der Waals surface area (Å²) in [6, 6.07) is 6.84. The first-order valence-electron chi connectivity index (χ1n) is 7.73. The van der Waals surface area contributed by atoms with E-state index in [1.54, 1.807) is 54.7 Å². The molecule has 0 radical (unpaired) electrons. The number of aryl methyl sites for hydroxylation is 2. The number of aromatic nitrogens is 2. The normalized spacial score (nSPS) is 15.1. The van der Waals surface area contributed by atoms with Gasteiger partial charge in [0.1, 0.15) is 4.90 Å². The summed E-state index contributed by atoms with van der Waals surface area (Å²) in [6.45, 7) is 4.10. The Morgan fingerprint density at radius 2 is 1.83 bits per heavy atom. The zero-order chi connectivity index (χ0) is 17.5. The molecule has 2 aromatic rings. The van der Waals surface area contributed by atoms with E-state index in [9.17, 15) is 13.2 Å². The Labute approximate surface area is 141 Å². The molecule has 0 atom stereocenters. The first kappa shape index (κ1) is 16.5. The molecule has 0 unspecified atom stereocenters. The molecule has 1 amide bonds. The quantitative estimate of drug-likeness (QED) is 0.915. The lowest BCUT2D eigenvalue weighted by Gasteiger charge is -2.16. The number of nitrogens with one attached hydrogen (secondary N) is 1. The van der Waals surface area contributed by atoms with Gasteiger partial charge in [-0.3, -0.25) is 14.2 Å². The number of carbonyl (C=O) groups is 1. The predicted octanol–water partition coefficient (Wildman–Crippen LogP) is 1.96. The highest BCUT2D eigenvalue weighted by molar-refractivity contribution is 7.92. The summed E-state index contributed by atoms with van der Waals surface area (Å²) in [5.74, 6) is 0.102. The van der Waals surface area contributed by atoms with Gasteiger partial charge in [-0.2, -0.15) is 5.10 Å². The number of anilines is 2. The second kappa shape index (κ2) is 5.94. The third kappa shape index (κ3) is 2.89. The van der Waals surface area contributed by atoms with Crippen molar-refractivity contribution in [1.82, 2.24) is 9.78 Å². The molecule has 1 aliphatic heterocycles. The highest BCUT2D eigenvalue weighted by Crippen LogP contribution is 2.25. The second-order valence-corrected chi connectivity index (χ2v) is 7.54. The number of amides is 1. The fourth-order valence-electron chi connectivity index (χ4n) is 2.98. The molecule has 0 aliphatic carbocycles. The van der Waals surface area contributed by atoms with E-state index in [4.69, 9.17) is 0 Å². The van der Waals surface area contributed by atoms with E-state index in [0.29, 0.717) is 30.0 Å². The van der Waals surface area contributed by atoms with Crippen LogP contribution >= 0.6 is 0 Å². The number of benzene rings is 1. The maximum atomic E-state index is 12.6. The third-order valence-corrected chi connectivity index (χ3v) is 5.85. The third-order valence-electron chi connectivity index (χ3n) is 4.22. The Balaban J connectivity index is 1.84. The summed E-state index contributed by atoms with van der Waals surface area (Å²) in [5.41, 5.74) is 2.28. The molecule has 128 valence electrons. The summed E-state index contributed by atoms with van der Waals surface area (Å²) in [6.07, 6.45) is 1.42. The van der Waals surface area contributed by atoms with Gasteiger partial charge in [0.2, 0.25) is 5.91 Å². The van der Waals surface area contributed by atoms with E-state index < -0.39 is 10.0 Å². The summed E-state index contributed by atoms with van der Waals surface area (Å²) in [4.78, 5) is 13.7. The Kier molecular flexibility index (Phi) is 4.08. The van der Waals surface area contributed by atoms with E-state index in [0.717, 1.165) is 12.1 Å². The molecular weight excluding hydrogens is 328 g/mol. The maximum Gasteiger partial charge on any atom is 0.265 e. The fourth-order valence-corrected chi connectivity index (χ4v) is 4.48. The molecule has 0 saturated carbocycles. The van der Waals surface area contributed by atoms with Crippen LogP contribution in [-0.2, 0) is 21.9 Å². The molecule has 1 aromatic carbocycles. The van der Waals surface area contributed by atoms with E-state index in [1.807, 2.05) is 0 Å². The summed E-state index contributed by atoms with van der Waals surface area (Å²) in [5, 5.41) is 4.15. The minimum Gasteiger partial charge on any atom is -0.312 e. The van der Waals surface area contributed by atoms with Crippen molar-refractivity contribution in [1.29, 1.82) is 0 Å². The number of hydrogen-bond acceptors (Lipinski definition) is 4. The van der Waals surface area contributed by atoms with Crippen molar-refractivity contribution in [3.8, 4) is 0 Å². The summed E-state index contributed by atoms with van der Waals surface area (Å²) >= 11 is 0. The number of carbonyl (C=O) groups excluding carboxylic acids is 1. The van der Waals surface area contributed by atoms with Gasteiger partial charge in [-0.25, -0.2) is 8.42 Å². The van der Waals surface area contributed by atoms with Crippen molar-refractivity contribution in [3.05, 3.63) is 35.7 Å². The van der Waals surface area contributed by atoms with Crippen molar-refractivity contribution >= 4 is 27.3 Å². The van der Waals surface area contributed by atoms with Crippen molar-refractivity contribution in [3.63, 3.8) is 0 Å². The second-order valence-electron chi connectivity index (χ2n) is 5.92. The number of nitrogens with zero attached hydrogens (tertiary/aromatic N) is 3. The number of sulfonamides is 1. The first-order chi connectivity index (χ1) is 11.3. The molecule has 1 saturated heterocycles. The van der Waals surface area contributed by atoms with Gasteiger partial charge in [0, 0.05) is 31.4 Å². The van der Waals surface area contributed by atoms with Gasteiger partial charge >= 0.3 is 0 Å². The Morgan fingerprint density at radius 1 is 1.17 bits per heavy atom. The van der Waals surface area contributed by atoms with E-state index in [2.05, 4.69) is 9.82 Å². The number of hydrogen-bond donors (Lipinski definition) is 1. The molecular formula is C16H20N4O3S. The van der Waals surface area contributed by atoms with Crippen LogP contribution in [0.3, 0.4) is 0 Å². The molecule has 8 heteroatoms. The summed E-state index contributed by atoms with van der Waals surface area (Å²) in [7, 11) is -2.00. The SMILES string of the molecule is Cc1nn(C)c(C)c1S(=O)(=O)Nc1ccc(N2CCCC2=O)cc1. The van der Waals surface area contributed by atoms with Crippen molar-refractivity contribution < 1.29 is 13.2 Å². The zero-order valence-electron chi connectivity index (χ0n) is 13.9. The van der Waals surface area contributed by atoms with Gasteiger partial charge in [-0.15, -0.1) is 0 Å². The minimum absolute atomic E-state index is 0.102. The highest BCUT2D eigenvalue weighted by Gasteiger charge is 2.24. The monoisotopic (exact) mass is 348 g/mol. The Bertz CT molecular complexity index is 885. The van der Waals surface area contributed by atoms with Crippen molar-refractivity contribution in [2.75, 3.05) is 16.2 Å². The van der Waals surface area contributed by atoms with Gasteiger partial charge in [0.25, 0.3) is 10.0 Å². The highest BCUT2D eigenvalue weighted by atomic mass is 32.2. The Hall–Kier alpha value is -2.35. The molecule has 2 heterocycles. The van der Waals surface area contributed by atoms with Crippen molar-refractivity contribution in [2.45, 2.75) is 31.6 Å². The standard InChI is InChI=1S/C16H20N4O3S/c1-11-16(12(2)19(3)17-11)24(22,23)18-13-6-8-14(9-7-13)20-10-4-5-15(20)21/h6-9,18H,4-5,10H2,1-3H3. The minimum atomic E-state index is -3.71. The van der Waals surface area contributed by atoms with Crippen LogP contribution < -0.4 is 9.62 Å². The molecule has 0 spiro atoms. The van der Waals surface area contributed by atoms with Gasteiger partial charge in [0.15, 0.2) is 0 Å². The van der Waals surface area contributed by atoms with E-state index in [1.165, 1.54) is 0 Å². The van der Waals surface area contributed by atoms with Crippen molar-refractivity contribution in [2.24, 2.45) is 7.05 Å². The average Bonchev–Trinajstić information content (AvgIpc) is 3.03. The molecule has 1 aromatic heterocycles. The van der Waals surface area contributed by atoms with Gasteiger partial charge < -0.3 is 4.90 Å². The first-order valence-corrected chi connectivity index (χ1v) is 9.21. The molecule has 7 nitrogen and oxygen atoms in total. The van der Waals surface area contributed by atoms with Crippen LogP contribution in [0.2, 0.25) is 0 Å². The molecule has 3 rings (SSSR count). The van der Waals surface area contributed by atoms with Crippen LogP contribution in [0, 0.1) is 13.8 Å². The van der Waals surface area contributed by atoms with Gasteiger partial charge in [-0.1, -0.05) is 0 Å². The van der Waals surface area contributed by atoms with Crippen LogP contribution in [0.15, 0.2) is 29.2 Å². The average molecular weight is 348 g/mol. The van der Waals surface area contributed by atoms with Crippen LogP contribution in [0.25, 0.3) is 0 Å². The predicted molar refractivity (Wildman–Crippen MR) is 91.5 cm³/mol. The maximum absolute atomic E-state index is 12.6. The lowest BCUT2D eigenvalue weighted by atomic mass is 10.2. The van der Waals surface area contributed by atoms with Crippen LogP contribution in [0.4, 0.5) is 11.4 Å². The van der Waals surface area contributed by atoms with Crippen LogP contribution in [0.1, 0.15) is 24.2 Å². The smallest absolute Gasteiger partial charge is 0.265 e.